The van der Waals surface area contributed by atoms with E-state index in [1.54, 1.807) is 41.6 Å². The summed E-state index contributed by atoms with van der Waals surface area (Å²) in [4.78, 5) is 30.4. The molecule has 1 aromatic carbocycles. The van der Waals surface area contributed by atoms with Gasteiger partial charge in [0, 0.05) is 43.3 Å². The Morgan fingerprint density at radius 1 is 1.31 bits per heavy atom. The van der Waals surface area contributed by atoms with Gasteiger partial charge in [-0.2, -0.15) is 0 Å². The van der Waals surface area contributed by atoms with Crippen molar-refractivity contribution in [1.82, 2.24) is 19.9 Å². The quantitative estimate of drug-likeness (QED) is 0.418. The molecule has 0 saturated carbocycles. The highest BCUT2D eigenvalue weighted by Crippen LogP contribution is 2.14. The first kappa shape index (κ1) is 17.0. The molecule has 130 valence electrons. The van der Waals surface area contributed by atoms with Gasteiger partial charge < -0.3 is 5.32 Å². The maximum absolute atomic E-state index is 11.9. The smallest absolute Gasteiger partial charge is 0.270 e. The molecule has 8 heteroatoms. The molecule has 0 fully saturated rings. The number of nitrogens with zero attached hydrogens (tertiary/aromatic N) is 4. The van der Waals surface area contributed by atoms with Crippen LogP contribution in [0, 0.1) is 10.1 Å². The zero-order chi connectivity index (χ0) is 18.4. The van der Waals surface area contributed by atoms with Crippen LogP contribution in [-0.2, 0) is 11.3 Å². The van der Waals surface area contributed by atoms with E-state index in [1.807, 2.05) is 12.1 Å². The zero-order valence-corrected chi connectivity index (χ0v) is 13.6. The lowest BCUT2D eigenvalue weighted by molar-refractivity contribution is -0.384. The highest BCUT2D eigenvalue weighted by atomic mass is 16.6. The first-order valence-electron chi connectivity index (χ1n) is 7.75. The number of imidazole rings is 1. The van der Waals surface area contributed by atoms with Crippen LogP contribution in [-0.4, -0.2) is 25.4 Å². The summed E-state index contributed by atoms with van der Waals surface area (Å²) in [7, 11) is 0. The number of nitro benzene ring substituents is 1. The molecule has 0 aliphatic heterocycles. The predicted octanol–water partition coefficient (Wildman–Crippen LogP) is 2.51. The number of rotatable bonds is 6. The molecule has 1 N–H and O–H groups in total. The summed E-state index contributed by atoms with van der Waals surface area (Å²) in [6.07, 6.45) is 9.67. The molecule has 0 atom stereocenters. The second-order valence-corrected chi connectivity index (χ2v) is 5.40. The third-order valence-electron chi connectivity index (χ3n) is 3.55. The number of amides is 1. The van der Waals surface area contributed by atoms with Gasteiger partial charge in [-0.1, -0.05) is 18.2 Å². The van der Waals surface area contributed by atoms with Gasteiger partial charge >= 0.3 is 0 Å². The van der Waals surface area contributed by atoms with E-state index in [4.69, 9.17) is 0 Å². The SMILES string of the molecule is O=C(/C=C/c1cccc([N+](=O)[O-])c1)NCc1ccc(-n2ccnc2)nc1. The number of non-ortho nitro benzene ring substituents is 1. The van der Waals surface area contributed by atoms with E-state index in [0.717, 1.165) is 11.4 Å². The molecule has 26 heavy (non-hydrogen) atoms. The van der Waals surface area contributed by atoms with Crippen molar-refractivity contribution in [3.05, 3.63) is 88.6 Å². The molecule has 0 aliphatic rings. The number of carbonyl (C=O) groups is 1. The summed E-state index contributed by atoms with van der Waals surface area (Å²) in [5.74, 6) is 0.443. The summed E-state index contributed by atoms with van der Waals surface area (Å²) in [5, 5.41) is 13.5. The average molecular weight is 349 g/mol. The number of hydrogen-bond donors (Lipinski definition) is 1. The number of nitrogens with one attached hydrogen (secondary N) is 1. The normalized spacial score (nSPS) is 10.8. The van der Waals surface area contributed by atoms with Crippen LogP contribution in [0.1, 0.15) is 11.1 Å². The van der Waals surface area contributed by atoms with Gasteiger partial charge in [0.05, 0.1) is 4.92 Å². The van der Waals surface area contributed by atoms with Gasteiger partial charge in [0.25, 0.3) is 5.69 Å². The van der Waals surface area contributed by atoms with Crippen LogP contribution in [0.15, 0.2) is 67.4 Å². The Balaban J connectivity index is 1.55. The number of hydrogen-bond acceptors (Lipinski definition) is 5. The summed E-state index contributed by atoms with van der Waals surface area (Å²) < 4.78 is 1.78. The number of pyridine rings is 1. The summed E-state index contributed by atoms with van der Waals surface area (Å²) in [6, 6.07) is 9.77. The van der Waals surface area contributed by atoms with E-state index in [1.165, 1.54) is 24.3 Å². The number of benzene rings is 1. The maximum Gasteiger partial charge on any atom is 0.270 e. The Morgan fingerprint density at radius 3 is 2.88 bits per heavy atom. The van der Waals surface area contributed by atoms with Crippen molar-refractivity contribution in [2.24, 2.45) is 0 Å². The fourth-order valence-electron chi connectivity index (χ4n) is 2.23. The van der Waals surface area contributed by atoms with Crippen molar-refractivity contribution < 1.29 is 9.72 Å². The predicted molar refractivity (Wildman–Crippen MR) is 95.3 cm³/mol. The second-order valence-electron chi connectivity index (χ2n) is 5.40. The van der Waals surface area contributed by atoms with Crippen molar-refractivity contribution in [2.45, 2.75) is 6.54 Å². The molecule has 3 rings (SSSR count). The number of carbonyl (C=O) groups excluding carboxylic acids is 1. The minimum atomic E-state index is -0.474. The zero-order valence-electron chi connectivity index (χ0n) is 13.6. The van der Waals surface area contributed by atoms with E-state index < -0.39 is 4.92 Å². The Kier molecular flexibility index (Phi) is 5.14. The highest BCUT2D eigenvalue weighted by molar-refractivity contribution is 5.91. The third-order valence-corrected chi connectivity index (χ3v) is 3.55. The molecule has 0 bridgehead atoms. The van der Waals surface area contributed by atoms with E-state index >= 15 is 0 Å². The van der Waals surface area contributed by atoms with Crippen LogP contribution < -0.4 is 5.32 Å². The molecule has 0 aliphatic carbocycles. The Labute approximate surface area is 149 Å². The van der Waals surface area contributed by atoms with Gasteiger partial charge in [-0.05, 0) is 23.3 Å². The lowest BCUT2D eigenvalue weighted by Crippen LogP contribution is -2.20. The fourth-order valence-corrected chi connectivity index (χ4v) is 2.23. The van der Waals surface area contributed by atoms with E-state index in [0.29, 0.717) is 12.1 Å². The molecule has 1 amide bonds. The van der Waals surface area contributed by atoms with Crippen LogP contribution in [0.5, 0.6) is 0 Å². The van der Waals surface area contributed by atoms with E-state index in [9.17, 15) is 14.9 Å². The Bertz CT molecular complexity index is 934. The first-order chi connectivity index (χ1) is 12.6. The van der Waals surface area contributed by atoms with Gasteiger partial charge in [-0.3, -0.25) is 19.5 Å². The molecule has 8 nitrogen and oxygen atoms in total. The molecule has 0 saturated heterocycles. The van der Waals surface area contributed by atoms with Crippen molar-refractivity contribution in [1.29, 1.82) is 0 Å². The molecule has 0 spiro atoms. The fraction of sp³-hybridized carbons (Fsp3) is 0.0556. The van der Waals surface area contributed by atoms with Gasteiger partial charge in [0.2, 0.25) is 5.91 Å². The largest absolute Gasteiger partial charge is 0.348 e. The van der Waals surface area contributed by atoms with E-state index in [-0.39, 0.29) is 11.6 Å². The van der Waals surface area contributed by atoms with Crippen molar-refractivity contribution in [3.8, 4) is 5.82 Å². The monoisotopic (exact) mass is 349 g/mol. The van der Waals surface area contributed by atoms with Crippen LogP contribution in [0.3, 0.4) is 0 Å². The Hall–Kier alpha value is -3.81. The molecular weight excluding hydrogens is 334 g/mol. The molecule has 3 aromatic rings. The number of nitro groups is 1. The van der Waals surface area contributed by atoms with Crippen molar-refractivity contribution >= 4 is 17.7 Å². The summed E-state index contributed by atoms with van der Waals surface area (Å²) in [6.45, 7) is 0.329. The molecule has 0 unspecified atom stereocenters. The van der Waals surface area contributed by atoms with Crippen molar-refractivity contribution in [2.75, 3.05) is 0 Å². The third kappa shape index (κ3) is 4.38. The summed E-state index contributed by atoms with van der Waals surface area (Å²) >= 11 is 0. The van der Waals surface area contributed by atoms with Crippen LogP contribution in [0.4, 0.5) is 5.69 Å². The van der Waals surface area contributed by atoms with Crippen molar-refractivity contribution in [3.63, 3.8) is 0 Å². The van der Waals surface area contributed by atoms with Crippen LogP contribution in [0.25, 0.3) is 11.9 Å². The average Bonchev–Trinajstić information content (AvgIpc) is 3.20. The highest BCUT2D eigenvalue weighted by Gasteiger charge is 2.04. The lowest BCUT2D eigenvalue weighted by atomic mass is 10.2. The molecule has 2 heterocycles. The van der Waals surface area contributed by atoms with Gasteiger partial charge in [0.1, 0.15) is 12.1 Å². The number of aromatic nitrogens is 3. The molecular formula is C18H15N5O3. The second kappa shape index (κ2) is 7.84. The topological polar surface area (TPSA) is 103 Å². The minimum Gasteiger partial charge on any atom is -0.348 e. The summed E-state index contributed by atoms with van der Waals surface area (Å²) in [5.41, 5.74) is 1.42. The van der Waals surface area contributed by atoms with Gasteiger partial charge in [-0.25, -0.2) is 9.97 Å². The lowest BCUT2D eigenvalue weighted by Gasteiger charge is -2.04. The van der Waals surface area contributed by atoms with E-state index in [2.05, 4.69) is 15.3 Å². The molecule has 2 aromatic heterocycles. The van der Waals surface area contributed by atoms with Crippen LogP contribution in [0.2, 0.25) is 0 Å². The van der Waals surface area contributed by atoms with Crippen LogP contribution >= 0.6 is 0 Å². The first-order valence-corrected chi connectivity index (χ1v) is 7.75. The van der Waals surface area contributed by atoms with Gasteiger partial charge in [0.15, 0.2) is 0 Å². The standard InChI is InChI=1S/C18H15N5O3/c24-18(7-5-14-2-1-3-16(10-14)23(25)26)21-12-15-4-6-17(20-11-15)22-9-8-19-13-22/h1-11,13H,12H2,(H,21,24)/b7-5+. The molecule has 0 radical (unpaired) electrons. The Morgan fingerprint density at radius 2 is 2.19 bits per heavy atom. The minimum absolute atomic E-state index is 0.0170. The maximum atomic E-state index is 11.9. The van der Waals surface area contributed by atoms with Gasteiger partial charge in [-0.15, -0.1) is 0 Å².